The molecule has 1 fully saturated rings. The van der Waals surface area contributed by atoms with Gasteiger partial charge in [-0.05, 0) is 24.0 Å². The molecule has 3 unspecified atom stereocenters. The van der Waals surface area contributed by atoms with Crippen LogP contribution < -0.4 is 0 Å². The van der Waals surface area contributed by atoms with Gasteiger partial charge < -0.3 is 9.47 Å². The molecule has 5 nitrogen and oxygen atoms in total. The maximum absolute atomic E-state index is 12.7. The maximum Gasteiger partial charge on any atom is 0.414 e. The van der Waals surface area contributed by atoms with E-state index in [-0.39, 0.29) is 24.5 Å². The molecule has 3 rings (SSSR count). The molecular formula is C38H59NO4. The molecule has 5 heteroatoms. The molecule has 0 aromatic heterocycles. The Balaban J connectivity index is 1.14. The molecule has 1 saturated heterocycles. The molecule has 1 amide bonds. The van der Waals surface area contributed by atoms with E-state index in [1.807, 2.05) is 18.2 Å². The highest BCUT2D eigenvalue weighted by atomic mass is 16.7. The Hall–Kier alpha value is -2.48. The summed E-state index contributed by atoms with van der Waals surface area (Å²) in [5.74, 6) is 2.15. The summed E-state index contributed by atoms with van der Waals surface area (Å²) in [5, 5.41) is 0. The van der Waals surface area contributed by atoms with Crippen molar-refractivity contribution >= 4 is 12.1 Å². The number of fused-ring (bicyclic) bond motifs is 3. The average molecular weight is 594 g/mol. The minimum atomic E-state index is -0.860. The van der Waals surface area contributed by atoms with E-state index < -0.39 is 12.4 Å². The Kier molecular flexibility index (Phi) is 17.3. The molecule has 3 atom stereocenters. The Morgan fingerprint density at radius 3 is 1.81 bits per heavy atom. The number of rotatable bonds is 24. The van der Waals surface area contributed by atoms with E-state index in [2.05, 4.69) is 18.9 Å². The van der Waals surface area contributed by atoms with Crippen LogP contribution in [-0.4, -0.2) is 29.8 Å². The molecule has 1 aliphatic heterocycles. The van der Waals surface area contributed by atoms with Crippen molar-refractivity contribution in [3.63, 3.8) is 0 Å². The van der Waals surface area contributed by atoms with Crippen molar-refractivity contribution < 1.29 is 19.1 Å². The number of terminal acetylenes is 1. The van der Waals surface area contributed by atoms with Gasteiger partial charge in [0.25, 0.3) is 6.29 Å². The lowest BCUT2D eigenvalue weighted by Crippen LogP contribution is -2.50. The van der Waals surface area contributed by atoms with Crippen molar-refractivity contribution in [2.45, 2.75) is 167 Å². The van der Waals surface area contributed by atoms with Crippen molar-refractivity contribution in [1.82, 2.24) is 4.90 Å². The smallest absolute Gasteiger partial charge is 0.414 e. The zero-order chi connectivity index (χ0) is 30.5. The summed E-state index contributed by atoms with van der Waals surface area (Å²) in [6.45, 7) is 2.46. The van der Waals surface area contributed by atoms with Crippen LogP contribution in [0.5, 0.6) is 0 Å². The van der Waals surface area contributed by atoms with Crippen LogP contribution in [0.25, 0.3) is 0 Å². The summed E-state index contributed by atoms with van der Waals surface area (Å²) in [6.07, 6.45) is 33.3. The number of hydrogen-bond acceptors (Lipinski definition) is 4. The second kappa shape index (κ2) is 21.3. The van der Waals surface area contributed by atoms with Gasteiger partial charge in [-0.3, -0.25) is 9.69 Å². The number of carbonyl (C=O) groups is 2. The normalized spacial score (nSPS) is 19.0. The van der Waals surface area contributed by atoms with E-state index in [0.29, 0.717) is 12.8 Å². The lowest BCUT2D eigenvalue weighted by atomic mass is 9.97. The second-order valence-corrected chi connectivity index (χ2v) is 12.9. The number of cyclic esters (lactones) is 1. The lowest BCUT2D eigenvalue weighted by molar-refractivity contribution is -0.193. The van der Waals surface area contributed by atoms with E-state index in [4.69, 9.17) is 15.9 Å². The molecule has 1 aromatic carbocycles. The number of unbranched alkanes of at least 4 members (excludes halogenated alkanes) is 20. The molecule has 0 spiro atoms. The molecule has 240 valence electrons. The third kappa shape index (κ3) is 12.6. The lowest BCUT2D eigenvalue weighted by Gasteiger charge is -2.40. The predicted molar refractivity (Wildman–Crippen MR) is 176 cm³/mol. The van der Waals surface area contributed by atoms with Crippen LogP contribution in [0.1, 0.15) is 165 Å². The van der Waals surface area contributed by atoms with Crippen LogP contribution in [0.2, 0.25) is 0 Å². The molecule has 43 heavy (non-hydrogen) atoms. The van der Waals surface area contributed by atoms with Crippen molar-refractivity contribution in [3.8, 4) is 12.3 Å². The monoisotopic (exact) mass is 593 g/mol. The van der Waals surface area contributed by atoms with Crippen LogP contribution in [0, 0.1) is 18.3 Å². The van der Waals surface area contributed by atoms with Gasteiger partial charge in [0, 0.05) is 6.42 Å². The summed E-state index contributed by atoms with van der Waals surface area (Å²) in [4.78, 5) is 26.9. The van der Waals surface area contributed by atoms with Crippen molar-refractivity contribution in [3.05, 3.63) is 35.4 Å². The van der Waals surface area contributed by atoms with Crippen LogP contribution in [0.4, 0.5) is 4.79 Å². The highest BCUT2D eigenvalue weighted by molar-refractivity contribution is 5.72. The molecule has 0 saturated carbocycles. The standard InChI is InChI=1S/C38H59NO4/c1-3-5-6-7-8-9-10-11-12-13-14-15-16-17-18-19-20-21-22-23-24-29-35(40)42-37-34-31-32-27-25-26-28-33(32)36(34)39(30-4-2)38(41)43-37/h2,25-28,34,36-37H,3,5-24,29-31H2,1H3. The number of carbonyl (C=O) groups excluding carboxylic acids is 2. The molecule has 1 aromatic rings. The maximum atomic E-state index is 12.7. The van der Waals surface area contributed by atoms with Gasteiger partial charge in [0.05, 0.1) is 18.5 Å². The van der Waals surface area contributed by atoms with E-state index in [9.17, 15) is 9.59 Å². The second-order valence-electron chi connectivity index (χ2n) is 12.9. The number of ether oxygens (including phenoxy) is 2. The molecular weight excluding hydrogens is 534 g/mol. The quantitative estimate of drug-likeness (QED) is 0.0680. The van der Waals surface area contributed by atoms with Gasteiger partial charge >= 0.3 is 12.1 Å². The zero-order valence-corrected chi connectivity index (χ0v) is 27.2. The molecule has 1 aliphatic carbocycles. The number of nitrogens with zero attached hydrogens (tertiary/aromatic N) is 1. The minimum Gasteiger partial charge on any atom is -0.425 e. The number of amides is 1. The van der Waals surface area contributed by atoms with E-state index >= 15 is 0 Å². The Bertz CT molecular complexity index is 969. The van der Waals surface area contributed by atoms with Crippen molar-refractivity contribution in [2.75, 3.05) is 6.54 Å². The molecule has 1 heterocycles. The first-order chi connectivity index (χ1) is 21.2. The van der Waals surface area contributed by atoms with Crippen LogP contribution in [-0.2, 0) is 20.7 Å². The zero-order valence-electron chi connectivity index (χ0n) is 27.2. The third-order valence-corrected chi connectivity index (χ3v) is 9.37. The summed E-state index contributed by atoms with van der Waals surface area (Å²) in [7, 11) is 0. The summed E-state index contributed by atoms with van der Waals surface area (Å²) in [6, 6.07) is 7.84. The van der Waals surface area contributed by atoms with Gasteiger partial charge in [-0.1, -0.05) is 166 Å². The number of hydrogen-bond donors (Lipinski definition) is 0. The highest BCUT2D eigenvalue weighted by Crippen LogP contribution is 2.46. The molecule has 0 N–H and O–H groups in total. The fourth-order valence-corrected chi connectivity index (χ4v) is 6.88. The first kappa shape index (κ1) is 35.0. The Morgan fingerprint density at radius 1 is 0.814 bits per heavy atom. The van der Waals surface area contributed by atoms with Crippen molar-refractivity contribution in [2.24, 2.45) is 5.92 Å². The fraction of sp³-hybridized carbons (Fsp3) is 0.737. The van der Waals surface area contributed by atoms with E-state index in [1.54, 1.807) is 4.90 Å². The Labute approximate surface area is 262 Å². The summed E-state index contributed by atoms with van der Waals surface area (Å²) < 4.78 is 11.3. The van der Waals surface area contributed by atoms with Gasteiger partial charge in [-0.25, -0.2) is 4.79 Å². The first-order valence-corrected chi connectivity index (χ1v) is 17.8. The van der Waals surface area contributed by atoms with Crippen LogP contribution in [0.3, 0.4) is 0 Å². The largest absolute Gasteiger partial charge is 0.425 e. The van der Waals surface area contributed by atoms with E-state index in [1.165, 1.54) is 116 Å². The first-order valence-electron chi connectivity index (χ1n) is 17.8. The van der Waals surface area contributed by atoms with Gasteiger partial charge in [0.15, 0.2) is 0 Å². The van der Waals surface area contributed by atoms with Gasteiger partial charge in [-0.15, -0.1) is 6.42 Å². The minimum absolute atomic E-state index is 0.132. The van der Waals surface area contributed by atoms with E-state index in [0.717, 1.165) is 30.4 Å². The summed E-state index contributed by atoms with van der Waals surface area (Å²) >= 11 is 0. The third-order valence-electron chi connectivity index (χ3n) is 9.37. The summed E-state index contributed by atoms with van der Waals surface area (Å²) in [5.41, 5.74) is 2.23. The fourth-order valence-electron chi connectivity index (χ4n) is 6.88. The van der Waals surface area contributed by atoms with Crippen LogP contribution in [0.15, 0.2) is 24.3 Å². The highest BCUT2D eigenvalue weighted by Gasteiger charge is 2.50. The predicted octanol–water partition coefficient (Wildman–Crippen LogP) is 10.5. The molecule has 0 bridgehead atoms. The number of benzene rings is 1. The number of esters is 1. The average Bonchev–Trinajstić information content (AvgIpc) is 3.40. The topological polar surface area (TPSA) is 55.8 Å². The van der Waals surface area contributed by atoms with Gasteiger partial charge in [0.1, 0.15) is 0 Å². The van der Waals surface area contributed by atoms with Crippen LogP contribution >= 0.6 is 0 Å². The van der Waals surface area contributed by atoms with Gasteiger partial charge in [-0.2, -0.15) is 0 Å². The van der Waals surface area contributed by atoms with Gasteiger partial charge in [0.2, 0.25) is 0 Å². The Morgan fingerprint density at radius 2 is 1.30 bits per heavy atom. The SMILES string of the molecule is C#CCN1C(=O)OC(OC(=O)CCCCCCCCCCCCCCCCCCCCCCC)C2Cc3ccccc3C21. The molecule has 2 aliphatic rings. The van der Waals surface area contributed by atoms with Crippen molar-refractivity contribution in [1.29, 1.82) is 0 Å². The molecule has 0 radical (unpaired) electrons.